The standard InChI is InChI=1S/C22H37N5O2/c1-28-21-5-3-20(4-6-21)18-27-11-7-19(8-12-27)17-25-22(23)24-9-2-10-26-13-15-29-16-14-26/h3-6,19H,2,7-18H2,1H3,(H3,23,24,25). The molecule has 0 atom stereocenters. The number of rotatable bonds is 9. The molecule has 1 aromatic rings. The fourth-order valence-corrected chi connectivity index (χ4v) is 3.94. The monoisotopic (exact) mass is 403 g/mol. The molecule has 0 bridgehead atoms. The van der Waals surface area contributed by atoms with Crippen molar-refractivity contribution in [3.05, 3.63) is 29.8 Å². The highest BCUT2D eigenvalue weighted by Crippen LogP contribution is 2.20. The van der Waals surface area contributed by atoms with Gasteiger partial charge >= 0.3 is 0 Å². The molecule has 2 heterocycles. The maximum atomic E-state index is 6.05. The van der Waals surface area contributed by atoms with Crippen molar-refractivity contribution in [2.45, 2.75) is 25.8 Å². The third-order valence-electron chi connectivity index (χ3n) is 5.85. The molecule has 3 N–H and O–H groups in total. The third-order valence-corrected chi connectivity index (χ3v) is 5.85. The van der Waals surface area contributed by atoms with E-state index in [9.17, 15) is 0 Å². The van der Waals surface area contributed by atoms with E-state index < -0.39 is 0 Å². The minimum absolute atomic E-state index is 0.590. The van der Waals surface area contributed by atoms with Gasteiger partial charge in [-0.2, -0.15) is 0 Å². The van der Waals surface area contributed by atoms with Gasteiger partial charge in [-0.25, -0.2) is 0 Å². The summed E-state index contributed by atoms with van der Waals surface area (Å²) in [6.45, 7) is 9.86. The number of benzene rings is 1. The van der Waals surface area contributed by atoms with Crippen molar-refractivity contribution >= 4 is 5.96 Å². The Kier molecular flexibility index (Phi) is 9.05. The summed E-state index contributed by atoms with van der Waals surface area (Å²) in [6, 6.07) is 8.38. The molecule has 0 aromatic heterocycles. The van der Waals surface area contributed by atoms with Gasteiger partial charge in [0.05, 0.1) is 20.3 Å². The SMILES string of the molecule is COc1ccc(CN2CCC(CN=C(N)NCCCN3CCOCC3)CC2)cc1. The molecular weight excluding hydrogens is 366 g/mol. The molecule has 1 aromatic carbocycles. The predicted octanol–water partition coefficient (Wildman–Crippen LogP) is 1.53. The number of nitrogens with one attached hydrogen (secondary N) is 1. The number of ether oxygens (including phenoxy) is 2. The van der Waals surface area contributed by atoms with E-state index >= 15 is 0 Å². The Labute approximate surface area is 175 Å². The molecule has 3 rings (SSSR count). The second-order valence-electron chi connectivity index (χ2n) is 8.03. The number of methoxy groups -OCH3 is 1. The summed E-state index contributed by atoms with van der Waals surface area (Å²) in [5.41, 5.74) is 7.39. The second-order valence-corrected chi connectivity index (χ2v) is 8.03. The van der Waals surface area contributed by atoms with Gasteiger partial charge in [-0.3, -0.25) is 14.8 Å². The molecule has 2 fully saturated rings. The number of piperidine rings is 1. The van der Waals surface area contributed by atoms with Crippen molar-refractivity contribution in [3.8, 4) is 5.75 Å². The van der Waals surface area contributed by atoms with Gasteiger partial charge in [-0.05, 0) is 62.5 Å². The van der Waals surface area contributed by atoms with Crippen molar-refractivity contribution in [1.29, 1.82) is 0 Å². The summed E-state index contributed by atoms with van der Waals surface area (Å²) in [5.74, 6) is 2.14. The van der Waals surface area contributed by atoms with E-state index in [0.717, 1.165) is 77.7 Å². The first-order chi connectivity index (χ1) is 14.2. The largest absolute Gasteiger partial charge is 0.497 e. The Balaban J connectivity index is 1.27. The first kappa shape index (κ1) is 21.9. The van der Waals surface area contributed by atoms with Gasteiger partial charge in [0.25, 0.3) is 0 Å². The normalized spacial score (nSPS) is 20.0. The molecule has 0 aliphatic carbocycles. The Hall–Kier alpha value is -1.83. The van der Waals surface area contributed by atoms with Gasteiger partial charge in [0.1, 0.15) is 5.75 Å². The number of aliphatic imine (C=N–C) groups is 1. The second kappa shape index (κ2) is 12.0. The number of morpholine rings is 1. The molecular formula is C22H37N5O2. The Morgan fingerprint density at radius 3 is 2.55 bits per heavy atom. The Morgan fingerprint density at radius 1 is 1.14 bits per heavy atom. The van der Waals surface area contributed by atoms with Crippen LogP contribution < -0.4 is 15.8 Å². The highest BCUT2D eigenvalue weighted by atomic mass is 16.5. The van der Waals surface area contributed by atoms with E-state index in [0.29, 0.717) is 11.9 Å². The molecule has 2 saturated heterocycles. The summed E-state index contributed by atoms with van der Waals surface area (Å²) in [6.07, 6.45) is 3.45. The van der Waals surface area contributed by atoms with Crippen LogP contribution in [0.5, 0.6) is 5.75 Å². The lowest BCUT2D eigenvalue weighted by Crippen LogP contribution is -2.39. The number of guanidine groups is 1. The molecule has 7 nitrogen and oxygen atoms in total. The molecule has 0 saturated carbocycles. The van der Waals surface area contributed by atoms with Gasteiger partial charge < -0.3 is 20.5 Å². The quantitative estimate of drug-likeness (QED) is 0.370. The Bertz CT molecular complexity index is 608. The van der Waals surface area contributed by atoms with Gasteiger partial charge in [0.15, 0.2) is 5.96 Å². The maximum absolute atomic E-state index is 6.05. The summed E-state index contributed by atoms with van der Waals surface area (Å²) in [4.78, 5) is 9.54. The van der Waals surface area contributed by atoms with Crippen molar-refractivity contribution in [2.24, 2.45) is 16.6 Å². The molecule has 29 heavy (non-hydrogen) atoms. The van der Waals surface area contributed by atoms with Crippen LogP contribution in [0, 0.1) is 5.92 Å². The summed E-state index contributed by atoms with van der Waals surface area (Å²) < 4.78 is 10.6. The van der Waals surface area contributed by atoms with E-state index in [1.807, 2.05) is 12.1 Å². The number of nitrogens with two attached hydrogens (primary N) is 1. The van der Waals surface area contributed by atoms with E-state index in [1.165, 1.54) is 18.4 Å². The lowest BCUT2D eigenvalue weighted by Gasteiger charge is -2.31. The van der Waals surface area contributed by atoms with Crippen LogP contribution in [-0.2, 0) is 11.3 Å². The summed E-state index contributed by atoms with van der Waals surface area (Å²) in [5, 5.41) is 3.26. The Morgan fingerprint density at radius 2 is 1.86 bits per heavy atom. The smallest absolute Gasteiger partial charge is 0.188 e. The average molecular weight is 404 g/mol. The topological polar surface area (TPSA) is 75.3 Å². The van der Waals surface area contributed by atoms with E-state index in [4.69, 9.17) is 15.2 Å². The minimum Gasteiger partial charge on any atom is -0.497 e. The molecule has 7 heteroatoms. The lowest BCUT2D eigenvalue weighted by atomic mass is 9.96. The van der Waals surface area contributed by atoms with Gasteiger partial charge in [-0.1, -0.05) is 12.1 Å². The molecule has 2 aliphatic heterocycles. The minimum atomic E-state index is 0.590. The maximum Gasteiger partial charge on any atom is 0.188 e. The predicted molar refractivity (Wildman–Crippen MR) is 117 cm³/mol. The van der Waals surface area contributed by atoms with Crippen LogP contribution in [0.4, 0.5) is 0 Å². The van der Waals surface area contributed by atoms with Gasteiger partial charge in [-0.15, -0.1) is 0 Å². The van der Waals surface area contributed by atoms with Crippen LogP contribution >= 0.6 is 0 Å². The van der Waals surface area contributed by atoms with Crippen LogP contribution in [0.2, 0.25) is 0 Å². The zero-order valence-corrected chi connectivity index (χ0v) is 17.8. The van der Waals surface area contributed by atoms with Crippen LogP contribution in [0.1, 0.15) is 24.8 Å². The fraction of sp³-hybridized carbons (Fsp3) is 0.682. The molecule has 2 aliphatic rings. The number of nitrogens with zero attached hydrogens (tertiary/aromatic N) is 3. The average Bonchev–Trinajstić information content (AvgIpc) is 2.77. The number of hydrogen-bond donors (Lipinski definition) is 2. The molecule has 0 amide bonds. The van der Waals surface area contributed by atoms with Crippen LogP contribution in [0.15, 0.2) is 29.3 Å². The van der Waals surface area contributed by atoms with Crippen LogP contribution in [0.25, 0.3) is 0 Å². The molecule has 0 spiro atoms. The van der Waals surface area contributed by atoms with Crippen LogP contribution in [0.3, 0.4) is 0 Å². The highest BCUT2D eigenvalue weighted by molar-refractivity contribution is 5.77. The number of hydrogen-bond acceptors (Lipinski definition) is 5. The zero-order valence-electron chi connectivity index (χ0n) is 17.8. The van der Waals surface area contributed by atoms with Crippen LogP contribution in [-0.4, -0.2) is 81.9 Å². The van der Waals surface area contributed by atoms with Crippen molar-refractivity contribution in [3.63, 3.8) is 0 Å². The summed E-state index contributed by atoms with van der Waals surface area (Å²) >= 11 is 0. The van der Waals surface area contributed by atoms with Crippen molar-refractivity contribution < 1.29 is 9.47 Å². The van der Waals surface area contributed by atoms with Gasteiger partial charge in [0.2, 0.25) is 0 Å². The van der Waals surface area contributed by atoms with Gasteiger partial charge in [0, 0.05) is 32.7 Å². The first-order valence-electron chi connectivity index (χ1n) is 10.9. The van der Waals surface area contributed by atoms with Crippen molar-refractivity contribution in [1.82, 2.24) is 15.1 Å². The van der Waals surface area contributed by atoms with Crippen molar-refractivity contribution in [2.75, 3.05) is 66.1 Å². The highest BCUT2D eigenvalue weighted by Gasteiger charge is 2.19. The molecule has 0 unspecified atom stereocenters. The summed E-state index contributed by atoms with van der Waals surface area (Å²) in [7, 11) is 1.70. The molecule has 162 valence electrons. The number of likely N-dealkylation sites (tertiary alicyclic amines) is 1. The fourth-order valence-electron chi connectivity index (χ4n) is 3.94. The third kappa shape index (κ3) is 7.84. The zero-order chi connectivity index (χ0) is 20.3. The first-order valence-corrected chi connectivity index (χ1v) is 10.9. The van der Waals surface area contributed by atoms with E-state index in [1.54, 1.807) is 7.11 Å². The molecule has 0 radical (unpaired) electrons. The van der Waals surface area contributed by atoms with E-state index in [2.05, 4.69) is 32.2 Å². The lowest BCUT2D eigenvalue weighted by molar-refractivity contribution is 0.0376. The van der Waals surface area contributed by atoms with E-state index in [-0.39, 0.29) is 0 Å².